The molecule has 84 valence electrons. The highest BCUT2D eigenvalue weighted by Crippen LogP contribution is 2.35. The van der Waals surface area contributed by atoms with Gasteiger partial charge in [0, 0.05) is 6.07 Å². The Balaban J connectivity index is 2.29. The lowest BCUT2D eigenvalue weighted by atomic mass is 10.3. The molecule has 1 saturated carbocycles. The van der Waals surface area contributed by atoms with Crippen molar-refractivity contribution in [2.24, 2.45) is 0 Å². The minimum absolute atomic E-state index is 0.0357. The van der Waals surface area contributed by atoms with Crippen molar-refractivity contribution in [2.75, 3.05) is 0 Å². The van der Waals surface area contributed by atoms with Gasteiger partial charge in [-0.3, -0.25) is 4.68 Å². The third-order valence-electron chi connectivity index (χ3n) is 2.65. The highest BCUT2D eigenvalue weighted by Gasteiger charge is 2.35. The van der Waals surface area contributed by atoms with Crippen LogP contribution in [-0.2, 0) is 6.18 Å². The maximum absolute atomic E-state index is 12.3. The molecule has 0 aromatic carbocycles. The van der Waals surface area contributed by atoms with Crippen molar-refractivity contribution < 1.29 is 13.2 Å². The summed E-state index contributed by atoms with van der Waals surface area (Å²) in [5.74, 6) is 0. The minimum atomic E-state index is -4.41. The molecular formula is C9H10ClF3N2. The molecule has 0 aliphatic heterocycles. The number of rotatable bonds is 1. The van der Waals surface area contributed by atoms with Gasteiger partial charge in [-0.25, -0.2) is 0 Å². The van der Waals surface area contributed by atoms with Gasteiger partial charge >= 0.3 is 6.18 Å². The molecule has 1 aromatic heterocycles. The van der Waals surface area contributed by atoms with Crippen molar-refractivity contribution in [3.8, 4) is 0 Å². The van der Waals surface area contributed by atoms with Crippen LogP contribution in [0.15, 0.2) is 6.07 Å². The van der Waals surface area contributed by atoms with Gasteiger partial charge in [-0.15, -0.1) is 0 Å². The third-order valence-corrected chi connectivity index (χ3v) is 2.93. The highest BCUT2D eigenvalue weighted by atomic mass is 35.5. The standard InChI is InChI=1S/C9H10ClF3N2/c10-8-5-7(9(11,12)13)14-15(8)6-3-1-2-4-6/h5-6H,1-4H2. The van der Waals surface area contributed by atoms with E-state index < -0.39 is 11.9 Å². The fourth-order valence-corrected chi connectivity index (χ4v) is 2.19. The summed E-state index contributed by atoms with van der Waals surface area (Å²) in [6.07, 6.45) is -0.630. The minimum Gasteiger partial charge on any atom is -0.250 e. The Morgan fingerprint density at radius 2 is 1.93 bits per heavy atom. The van der Waals surface area contributed by atoms with Gasteiger partial charge in [-0.2, -0.15) is 18.3 Å². The molecule has 1 aromatic rings. The second-order valence-corrected chi connectivity index (χ2v) is 4.12. The van der Waals surface area contributed by atoms with Crippen molar-refractivity contribution in [1.29, 1.82) is 0 Å². The first-order valence-corrected chi connectivity index (χ1v) is 5.18. The first-order chi connectivity index (χ1) is 6.98. The van der Waals surface area contributed by atoms with E-state index in [1.807, 2.05) is 0 Å². The maximum Gasteiger partial charge on any atom is 0.435 e. The van der Waals surface area contributed by atoms with E-state index in [1.165, 1.54) is 4.68 Å². The van der Waals surface area contributed by atoms with Gasteiger partial charge in [0.2, 0.25) is 0 Å². The molecule has 0 radical (unpaired) electrons. The third kappa shape index (κ3) is 2.12. The Bertz CT molecular complexity index is 353. The molecule has 0 spiro atoms. The van der Waals surface area contributed by atoms with Crippen LogP contribution < -0.4 is 0 Å². The Hall–Kier alpha value is -0.710. The van der Waals surface area contributed by atoms with Gasteiger partial charge in [-0.1, -0.05) is 24.4 Å². The normalized spacial score (nSPS) is 18.7. The summed E-state index contributed by atoms with van der Waals surface area (Å²) >= 11 is 5.73. The van der Waals surface area contributed by atoms with Crippen LogP contribution in [-0.4, -0.2) is 9.78 Å². The Morgan fingerprint density at radius 1 is 1.33 bits per heavy atom. The number of alkyl halides is 3. The first kappa shape index (κ1) is 10.8. The topological polar surface area (TPSA) is 17.8 Å². The van der Waals surface area contributed by atoms with E-state index in [2.05, 4.69) is 5.10 Å². The SMILES string of the molecule is FC(F)(F)c1cc(Cl)n(C2CCCC2)n1. The number of nitrogens with zero attached hydrogens (tertiary/aromatic N) is 2. The molecule has 0 atom stereocenters. The zero-order valence-electron chi connectivity index (χ0n) is 7.89. The van der Waals surface area contributed by atoms with Crippen molar-refractivity contribution >= 4 is 11.6 Å². The molecule has 1 fully saturated rings. The molecule has 6 heteroatoms. The van der Waals surface area contributed by atoms with Gasteiger partial charge in [0.25, 0.3) is 0 Å². The van der Waals surface area contributed by atoms with Crippen LogP contribution in [0.4, 0.5) is 13.2 Å². The van der Waals surface area contributed by atoms with E-state index in [4.69, 9.17) is 11.6 Å². The summed E-state index contributed by atoms with van der Waals surface area (Å²) in [5.41, 5.74) is -0.903. The van der Waals surface area contributed by atoms with E-state index in [0.717, 1.165) is 31.7 Å². The Kier molecular flexibility index (Phi) is 2.66. The van der Waals surface area contributed by atoms with E-state index in [9.17, 15) is 13.2 Å². The average molecular weight is 239 g/mol. The molecule has 0 saturated heterocycles. The largest absolute Gasteiger partial charge is 0.435 e. The van der Waals surface area contributed by atoms with Gasteiger partial charge in [0.05, 0.1) is 6.04 Å². The average Bonchev–Trinajstić information content (AvgIpc) is 2.69. The second kappa shape index (κ2) is 3.70. The molecular weight excluding hydrogens is 229 g/mol. The van der Waals surface area contributed by atoms with Crippen LogP contribution in [0.25, 0.3) is 0 Å². The molecule has 0 bridgehead atoms. The highest BCUT2D eigenvalue weighted by molar-refractivity contribution is 6.29. The lowest BCUT2D eigenvalue weighted by Gasteiger charge is -2.10. The van der Waals surface area contributed by atoms with Crippen LogP contribution in [0.3, 0.4) is 0 Å². The van der Waals surface area contributed by atoms with Gasteiger partial charge in [0.15, 0.2) is 5.69 Å². The number of hydrogen-bond donors (Lipinski definition) is 0. The smallest absolute Gasteiger partial charge is 0.250 e. The van der Waals surface area contributed by atoms with Gasteiger partial charge in [0.1, 0.15) is 5.15 Å². The first-order valence-electron chi connectivity index (χ1n) is 4.81. The second-order valence-electron chi connectivity index (χ2n) is 3.73. The summed E-state index contributed by atoms with van der Waals surface area (Å²) in [7, 11) is 0. The Morgan fingerprint density at radius 3 is 2.40 bits per heavy atom. The molecule has 2 rings (SSSR count). The molecule has 0 N–H and O–H groups in total. The molecule has 15 heavy (non-hydrogen) atoms. The van der Waals surface area contributed by atoms with Crippen molar-refractivity contribution in [1.82, 2.24) is 9.78 Å². The summed E-state index contributed by atoms with van der Waals surface area (Å²) in [6, 6.07) is 0.925. The van der Waals surface area contributed by atoms with E-state index in [0.29, 0.717) is 0 Å². The zero-order chi connectivity index (χ0) is 11.1. The van der Waals surface area contributed by atoms with Crippen LogP contribution in [0.5, 0.6) is 0 Å². The van der Waals surface area contributed by atoms with Crippen molar-refractivity contribution in [2.45, 2.75) is 37.9 Å². The monoisotopic (exact) mass is 238 g/mol. The predicted molar refractivity (Wildman–Crippen MR) is 49.7 cm³/mol. The van der Waals surface area contributed by atoms with Crippen LogP contribution in [0.2, 0.25) is 5.15 Å². The van der Waals surface area contributed by atoms with E-state index in [1.54, 1.807) is 0 Å². The van der Waals surface area contributed by atoms with Crippen LogP contribution >= 0.6 is 11.6 Å². The summed E-state index contributed by atoms with van der Waals surface area (Å²) in [6.45, 7) is 0. The van der Waals surface area contributed by atoms with Crippen molar-refractivity contribution in [3.05, 3.63) is 16.9 Å². The molecule has 2 nitrogen and oxygen atoms in total. The fourth-order valence-electron chi connectivity index (χ4n) is 1.92. The molecule has 1 aliphatic carbocycles. The molecule has 0 amide bonds. The van der Waals surface area contributed by atoms with E-state index >= 15 is 0 Å². The number of hydrogen-bond acceptors (Lipinski definition) is 1. The summed E-state index contributed by atoms with van der Waals surface area (Å²) < 4.78 is 38.3. The summed E-state index contributed by atoms with van der Waals surface area (Å²) in [5, 5.41) is 3.60. The lowest BCUT2D eigenvalue weighted by molar-refractivity contribution is -0.141. The van der Waals surface area contributed by atoms with Gasteiger partial charge < -0.3 is 0 Å². The number of halogens is 4. The van der Waals surface area contributed by atoms with Crippen molar-refractivity contribution in [3.63, 3.8) is 0 Å². The number of aromatic nitrogens is 2. The molecule has 0 unspecified atom stereocenters. The summed E-state index contributed by atoms with van der Waals surface area (Å²) in [4.78, 5) is 0. The molecule has 1 heterocycles. The van der Waals surface area contributed by atoms with Gasteiger partial charge in [-0.05, 0) is 12.8 Å². The van der Waals surface area contributed by atoms with Crippen LogP contribution in [0, 0.1) is 0 Å². The Labute approximate surface area is 90.0 Å². The van der Waals surface area contributed by atoms with Crippen LogP contribution in [0.1, 0.15) is 37.4 Å². The predicted octanol–water partition coefficient (Wildman–Crippen LogP) is 3.67. The quantitative estimate of drug-likeness (QED) is 0.730. The van der Waals surface area contributed by atoms with E-state index in [-0.39, 0.29) is 11.2 Å². The fraction of sp³-hybridized carbons (Fsp3) is 0.667. The molecule has 1 aliphatic rings. The lowest BCUT2D eigenvalue weighted by Crippen LogP contribution is -2.10. The maximum atomic E-state index is 12.3. The zero-order valence-corrected chi connectivity index (χ0v) is 8.65.